The number of hydrogen-bond donors (Lipinski definition) is 0. The van der Waals surface area contributed by atoms with Gasteiger partial charge >= 0.3 is 0 Å². The van der Waals surface area contributed by atoms with Crippen LogP contribution in [0.3, 0.4) is 0 Å². The van der Waals surface area contributed by atoms with Gasteiger partial charge in [-0.25, -0.2) is 0 Å². The number of hydrogen-bond acceptors (Lipinski definition) is 3. The molecule has 4 nitrogen and oxygen atoms in total. The van der Waals surface area contributed by atoms with Crippen LogP contribution in [0.5, 0.6) is 0 Å². The third-order valence-corrected chi connectivity index (χ3v) is 4.79. The molecular weight excluding hydrogens is 346 g/mol. The highest BCUT2D eigenvalue weighted by atomic mass is 35.5. The highest BCUT2D eigenvalue weighted by Crippen LogP contribution is 2.31. The van der Waals surface area contributed by atoms with Gasteiger partial charge in [0.05, 0.1) is 23.1 Å². The summed E-state index contributed by atoms with van der Waals surface area (Å²) >= 11 is 6.12. The largest absolute Gasteiger partial charge is 0.289 e. The Labute approximate surface area is 160 Å². The minimum atomic E-state index is -0.126. The lowest BCUT2D eigenvalue weighted by molar-refractivity contribution is -0.109. The fourth-order valence-electron chi connectivity index (χ4n) is 2.72. The van der Waals surface area contributed by atoms with Crippen molar-refractivity contribution in [3.8, 4) is 11.4 Å². The Bertz CT molecular complexity index is 820. The monoisotopic (exact) mass is 371 g/mol. The van der Waals surface area contributed by atoms with Crippen LogP contribution in [0.25, 0.3) is 17.0 Å². The van der Waals surface area contributed by atoms with E-state index in [-0.39, 0.29) is 11.8 Å². The Hall–Kier alpha value is -2.20. The summed E-state index contributed by atoms with van der Waals surface area (Å²) in [7, 11) is 0. The molecule has 0 aliphatic carbocycles. The molecule has 0 bridgehead atoms. The molecule has 5 heteroatoms. The van der Waals surface area contributed by atoms with Gasteiger partial charge in [0.2, 0.25) is 0 Å². The van der Waals surface area contributed by atoms with Gasteiger partial charge in [0, 0.05) is 17.6 Å². The third-order valence-electron chi connectivity index (χ3n) is 4.50. The first-order valence-corrected chi connectivity index (χ1v) is 9.45. The van der Waals surface area contributed by atoms with Crippen molar-refractivity contribution in [2.24, 2.45) is 5.92 Å². The Morgan fingerprint density at radius 1 is 1.38 bits per heavy atom. The van der Waals surface area contributed by atoms with Crippen molar-refractivity contribution in [1.29, 1.82) is 0 Å². The summed E-state index contributed by atoms with van der Waals surface area (Å²) in [5.74, 6) is 0.611. The third kappa shape index (κ3) is 4.13. The molecule has 1 atom stereocenters. The molecule has 1 unspecified atom stereocenters. The zero-order chi connectivity index (χ0) is 19.3. The van der Waals surface area contributed by atoms with Crippen molar-refractivity contribution < 1.29 is 4.79 Å². The zero-order valence-electron chi connectivity index (χ0n) is 15.9. The number of rotatable bonds is 8. The summed E-state index contributed by atoms with van der Waals surface area (Å²) in [5.41, 5.74) is 3.83. The maximum atomic E-state index is 12.3. The fourth-order valence-corrected chi connectivity index (χ4v) is 2.93. The Kier molecular flexibility index (Phi) is 6.92. The van der Waals surface area contributed by atoms with E-state index in [4.69, 9.17) is 16.7 Å². The first kappa shape index (κ1) is 20.1. The quantitative estimate of drug-likeness (QED) is 0.458. The molecule has 0 amide bonds. The molecule has 2 rings (SSSR count). The first-order valence-electron chi connectivity index (χ1n) is 8.91. The van der Waals surface area contributed by atoms with Crippen molar-refractivity contribution in [1.82, 2.24) is 14.8 Å². The molecule has 0 radical (unpaired) electrons. The number of pyridine rings is 1. The van der Waals surface area contributed by atoms with Crippen LogP contribution in [0, 0.1) is 5.92 Å². The van der Waals surface area contributed by atoms with Crippen LogP contribution in [-0.4, -0.2) is 20.5 Å². The fraction of sp³-hybridized carbons (Fsp3) is 0.381. The van der Waals surface area contributed by atoms with Crippen molar-refractivity contribution in [2.75, 3.05) is 0 Å². The number of nitrogens with zero attached hydrogens (tertiary/aromatic N) is 3. The average molecular weight is 372 g/mol. The molecule has 0 fully saturated rings. The number of ketones is 1. The minimum absolute atomic E-state index is 0.126. The highest BCUT2D eigenvalue weighted by Gasteiger charge is 2.22. The minimum Gasteiger partial charge on any atom is -0.289 e. The van der Waals surface area contributed by atoms with E-state index in [1.54, 1.807) is 6.20 Å². The van der Waals surface area contributed by atoms with E-state index in [0.29, 0.717) is 23.1 Å². The van der Waals surface area contributed by atoms with E-state index in [0.717, 1.165) is 23.4 Å². The topological polar surface area (TPSA) is 47.8 Å². The van der Waals surface area contributed by atoms with Crippen LogP contribution in [-0.2, 0) is 10.7 Å². The van der Waals surface area contributed by atoms with Crippen LogP contribution in [0.1, 0.15) is 51.4 Å². The van der Waals surface area contributed by atoms with Crippen molar-refractivity contribution >= 4 is 23.0 Å². The van der Waals surface area contributed by atoms with Gasteiger partial charge in [-0.1, -0.05) is 39.5 Å². The Morgan fingerprint density at radius 2 is 2.12 bits per heavy atom. The maximum absolute atomic E-state index is 12.3. The second-order valence-electron chi connectivity index (χ2n) is 6.58. The van der Waals surface area contributed by atoms with E-state index in [1.807, 2.05) is 35.9 Å². The lowest BCUT2D eigenvalue weighted by atomic mass is 10.0. The summed E-state index contributed by atoms with van der Waals surface area (Å²) in [4.78, 5) is 16.8. The van der Waals surface area contributed by atoms with Gasteiger partial charge in [-0.3, -0.25) is 14.5 Å². The van der Waals surface area contributed by atoms with Crippen molar-refractivity contribution in [3.05, 3.63) is 54.4 Å². The molecule has 2 heterocycles. The molecule has 138 valence electrons. The molecule has 2 aromatic heterocycles. The predicted molar refractivity (Wildman–Crippen MR) is 108 cm³/mol. The Balaban J connectivity index is 2.70. The van der Waals surface area contributed by atoms with E-state index < -0.39 is 0 Å². The highest BCUT2D eigenvalue weighted by molar-refractivity contribution is 6.25. The standard InChI is InChI=1S/C21H26ClN3O/c1-6-9-17(20(26)7-2)18-12-19(25(24-18)15(5)14(3)4)21-16(13-22)10-8-11-23-21/h7-12,14-15H,2,6,13H2,1,3-5H3/b17-9-. The lowest BCUT2D eigenvalue weighted by Gasteiger charge is -2.19. The van der Waals surface area contributed by atoms with E-state index in [9.17, 15) is 4.79 Å². The van der Waals surface area contributed by atoms with E-state index in [2.05, 4.69) is 32.3 Å². The number of allylic oxidation sites excluding steroid dienone is 3. The van der Waals surface area contributed by atoms with Gasteiger partial charge in [-0.15, -0.1) is 11.6 Å². The normalized spacial score (nSPS) is 13.1. The molecule has 26 heavy (non-hydrogen) atoms. The van der Waals surface area contributed by atoms with Gasteiger partial charge in [0.15, 0.2) is 5.78 Å². The summed E-state index contributed by atoms with van der Waals surface area (Å²) in [6, 6.07) is 5.91. The van der Waals surface area contributed by atoms with Gasteiger partial charge in [0.1, 0.15) is 0 Å². The first-order chi connectivity index (χ1) is 12.4. The van der Waals surface area contributed by atoms with Crippen LogP contribution in [0.15, 0.2) is 43.1 Å². The maximum Gasteiger partial charge on any atom is 0.187 e. The van der Waals surface area contributed by atoms with Crippen LogP contribution >= 0.6 is 11.6 Å². The number of halogens is 1. The van der Waals surface area contributed by atoms with Crippen molar-refractivity contribution in [3.63, 3.8) is 0 Å². The van der Waals surface area contributed by atoms with Crippen LogP contribution in [0.2, 0.25) is 0 Å². The molecule has 2 aromatic rings. The number of carbonyl (C=O) groups excluding carboxylic acids is 1. The van der Waals surface area contributed by atoms with Gasteiger partial charge < -0.3 is 0 Å². The smallest absolute Gasteiger partial charge is 0.187 e. The van der Waals surface area contributed by atoms with Gasteiger partial charge in [-0.05, 0) is 43.0 Å². The summed E-state index contributed by atoms with van der Waals surface area (Å²) in [6.45, 7) is 12.0. The molecular formula is C21H26ClN3O. The van der Waals surface area contributed by atoms with E-state index in [1.165, 1.54) is 6.08 Å². The second kappa shape index (κ2) is 8.95. The second-order valence-corrected chi connectivity index (χ2v) is 6.85. The number of carbonyl (C=O) groups is 1. The van der Waals surface area contributed by atoms with Gasteiger partial charge in [0.25, 0.3) is 0 Å². The van der Waals surface area contributed by atoms with Gasteiger partial charge in [-0.2, -0.15) is 5.10 Å². The molecule has 0 saturated heterocycles. The van der Waals surface area contributed by atoms with Crippen molar-refractivity contribution in [2.45, 2.75) is 46.0 Å². The molecule has 0 aliphatic heterocycles. The SMILES string of the molecule is C=CC(=O)/C(=C\CC)c1cc(-c2ncccc2CCl)n(C(C)C(C)C)n1. The number of alkyl halides is 1. The van der Waals surface area contributed by atoms with E-state index >= 15 is 0 Å². The average Bonchev–Trinajstić information content (AvgIpc) is 3.09. The lowest BCUT2D eigenvalue weighted by Crippen LogP contribution is -2.15. The zero-order valence-corrected chi connectivity index (χ0v) is 16.6. The molecule has 0 aromatic carbocycles. The summed E-state index contributed by atoms with van der Waals surface area (Å²) in [5, 5.41) is 4.77. The molecule has 0 saturated carbocycles. The molecule has 0 spiro atoms. The summed E-state index contributed by atoms with van der Waals surface area (Å²) in [6.07, 6.45) is 5.71. The van der Waals surface area contributed by atoms with Crippen LogP contribution in [0.4, 0.5) is 0 Å². The Morgan fingerprint density at radius 3 is 2.69 bits per heavy atom. The summed E-state index contributed by atoms with van der Waals surface area (Å²) < 4.78 is 1.96. The molecule has 0 aliphatic rings. The number of aromatic nitrogens is 3. The molecule has 0 N–H and O–H groups in total. The van der Waals surface area contributed by atoms with Crippen LogP contribution < -0.4 is 0 Å². The predicted octanol–water partition coefficient (Wildman–Crippen LogP) is 5.45.